The molecule has 1 fully saturated rings. The first-order valence-corrected chi connectivity index (χ1v) is 7.10. The third-order valence-corrected chi connectivity index (χ3v) is 3.84. The summed E-state index contributed by atoms with van der Waals surface area (Å²) in [5.41, 5.74) is 6.06. The van der Waals surface area contributed by atoms with E-state index in [1.165, 1.54) is 12.8 Å². The zero-order chi connectivity index (χ0) is 12.8. The van der Waals surface area contributed by atoms with Gasteiger partial charge in [-0.05, 0) is 43.7 Å². The molecular formula is C14H30N2O. The summed E-state index contributed by atoms with van der Waals surface area (Å²) in [5.74, 6) is 1.78. The minimum absolute atomic E-state index is 0.165. The van der Waals surface area contributed by atoms with Crippen LogP contribution in [0.5, 0.6) is 0 Å². The van der Waals surface area contributed by atoms with Crippen LogP contribution in [0.4, 0.5) is 0 Å². The molecule has 0 bridgehead atoms. The second-order valence-corrected chi connectivity index (χ2v) is 6.04. The Morgan fingerprint density at radius 3 is 2.18 bits per heavy atom. The molecule has 2 atom stereocenters. The highest BCUT2D eigenvalue weighted by molar-refractivity contribution is 4.79. The van der Waals surface area contributed by atoms with E-state index >= 15 is 0 Å². The van der Waals surface area contributed by atoms with Crippen LogP contribution < -0.4 is 11.1 Å². The molecule has 0 spiro atoms. The highest BCUT2D eigenvalue weighted by atomic mass is 16.5. The smallest absolute Gasteiger partial charge is 0.0627 e. The largest absolute Gasteiger partial charge is 0.376 e. The number of nitrogens with one attached hydrogen (secondary N) is 1. The van der Waals surface area contributed by atoms with Gasteiger partial charge in [0.25, 0.3) is 0 Å². The van der Waals surface area contributed by atoms with Crippen molar-refractivity contribution in [2.24, 2.45) is 23.5 Å². The molecule has 3 heteroatoms. The van der Waals surface area contributed by atoms with Crippen molar-refractivity contribution in [2.75, 3.05) is 19.7 Å². The molecule has 3 N–H and O–H groups in total. The predicted molar refractivity (Wildman–Crippen MR) is 73.0 cm³/mol. The van der Waals surface area contributed by atoms with Crippen LogP contribution >= 0.6 is 0 Å². The van der Waals surface area contributed by atoms with E-state index in [-0.39, 0.29) is 6.04 Å². The Bertz CT molecular complexity index is 200. The average Bonchev–Trinajstić information content (AvgIpc) is 2.29. The summed E-state index contributed by atoms with van der Waals surface area (Å²) in [6, 6.07) is 0.165. The highest BCUT2D eigenvalue weighted by Crippen LogP contribution is 2.25. The first-order valence-electron chi connectivity index (χ1n) is 7.10. The number of nitrogens with two attached hydrogens (primary N) is 1. The lowest BCUT2D eigenvalue weighted by Crippen LogP contribution is -2.41. The summed E-state index contributed by atoms with van der Waals surface area (Å²) in [6.45, 7) is 11.8. The lowest BCUT2D eigenvalue weighted by Gasteiger charge is -2.34. The Morgan fingerprint density at radius 2 is 1.71 bits per heavy atom. The van der Waals surface area contributed by atoms with Gasteiger partial charge < -0.3 is 15.8 Å². The molecule has 0 radical (unpaired) electrons. The van der Waals surface area contributed by atoms with E-state index in [1.54, 1.807) is 0 Å². The van der Waals surface area contributed by atoms with Crippen molar-refractivity contribution in [3.05, 3.63) is 0 Å². The van der Waals surface area contributed by atoms with Crippen molar-refractivity contribution in [3.8, 4) is 0 Å². The normalized spacial score (nSPS) is 22.1. The van der Waals surface area contributed by atoms with Crippen LogP contribution in [-0.4, -0.2) is 31.8 Å². The van der Waals surface area contributed by atoms with Crippen LogP contribution in [0.15, 0.2) is 0 Å². The zero-order valence-electron chi connectivity index (χ0n) is 11.9. The van der Waals surface area contributed by atoms with E-state index in [4.69, 9.17) is 10.5 Å². The molecule has 1 saturated heterocycles. The minimum atomic E-state index is 0.165. The van der Waals surface area contributed by atoms with Crippen molar-refractivity contribution in [2.45, 2.75) is 52.7 Å². The Labute approximate surface area is 106 Å². The van der Waals surface area contributed by atoms with Crippen molar-refractivity contribution in [3.63, 3.8) is 0 Å². The maximum Gasteiger partial charge on any atom is 0.0627 e. The van der Waals surface area contributed by atoms with E-state index in [1.807, 2.05) is 0 Å². The Morgan fingerprint density at radius 1 is 1.12 bits per heavy atom. The Balaban J connectivity index is 2.42. The molecule has 17 heavy (non-hydrogen) atoms. The third kappa shape index (κ3) is 4.94. The molecule has 0 aliphatic carbocycles. The van der Waals surface area contributed by atoms with E-state index < -0.39 is 0 Å². The molecule has 1 aliphatic rings. The lowest BCUT2D eigenvalue weighted by molar-refractivity contribution is -0.0352. The predicted octanol–water partition coefficient (Wildman–Crippen LogP) is 2.01. The molecule has 102 valence electrons. The van der Waals surface area contributed by atoms with Gasteiger partial charge in [-0.3, -0.25) is 0 Å². The van der Waals surface area contributed by atoms with Crippen LogP contribution in [0, 0.1) is 17.8 Å². The van der Waals surface area contributed by atoms with Gasteiger partial charge in [-0.25, -0.2) is 0 Å². The second-order valence-electron chi connectivity index (χ2n) is 6.04. The van der Waals surface area contributed by atoms with Crippen LogP contribution in [0.2, 0.25) is 0 Å². The molecule has 1 aliphatic heterocycles. The number of ether oxygens (including phenoxy) is 1. The molecule has 1 heterocycles. The molecule has 0 aromatic heterocycles. The summed E-state index contributed by atoms with van der Waals surface area (Å²) in [5, 5.41) is 3.41. The third-order valence-electron chi connectivity index (χ3n) is 3.84. The van der Waals surface area contributed by atoms with Crippen molar-refractivity contribution in [1.29, 1.82) is 0 Å². The highest BCUT2D eigenvalue weighted by Gasteiger charge is 2.27. The molecule has 0 amide bonds. The van der Waals surface area contributed by atoms with Gasteiger partial charge >= 0.3 is 0 Å². The van der Waals surface area contributed by atoms with Crippen molar-refractivity contribution < 1.29 is 4.74 Å². The fourth-order valence-electron chi connectivity index (χ4n) is 2.46. The minimum Gasteiger partial charge on any atom is -0.376 e. The Kier molecular flexibility index (Phi) is 6.45. The van der Waals surface area contributed by atoms with E-state index in [0.29, 0.717) is 30.5 Å². The van der Waals surface area contributed by atoms with Crippen molar-refractivity contribution >= 4 is 0 Å². The van der Waals surface area contributed by atoms with Crippen LogP contribution in [0.25, 0.3) is 0 Å². The molecule has 0 aromatic carbocycles. The summed E-state index contributed by atoms with van der Waals surface area (Å²) in [4.78, 5) is 0. The quantitative estimate of drug-likeness (QED) is 0.749. The Hall–Kier alpha value is -0.120. The molecule has 0 aromatic rings. The van der Waals surface area contributed by atoms with Gasteiger partial charge in [0.05, 0.1) is 12.7 Å². The number of piperidine rings is 1. The number of hydrogen-bond donors (Lipinski definition) is 2. The monoisotopic (exact) mass is 242 g/mol. The van der Waals surface area contributed by atoms with Gasteiger partial charge in [-0.1, -0.05) is 27.7 Å². The van der Waals surface area contributed by atoms with Crippen LogP contribution in [-0.2, 0) is 4.74 Å². The van der Waals surface area contributed by atoms with Gasteiger partial charge in [0.2, 0.25) is 0 Å². The summed E-state index contributed by atoms with van der Waals surface area (Å²) in [6.07, 6.45) is 2.85. The van der Waals surface area contributed by atoms with Crippen LogP contribution in [0.1, 0.15) is 40.5 Å². The molecule has 0 saturated carbocycles. The number of hydrogen-bond acceptors (Lipinski definition) is 3. The second kappa shape index (κ2) is 7.34. The maximum atomic E-state index is 6.11. The lowest BCUT2D eigenvalue weighted by atomic mass is 9.86. The average molecular weight is 242 g/mol. The maximum absolute atomic E-state index is 6.11. The first kappa shape index (κ1) is 14.9. The SMILES string of the molecule is CC(C)C(OC[C@H](N)C(C)C)C1CCNCC1. The summed E-state index contributed by atoms with van der Waals surface area (Å²) < 4.78 is 6.11. The zero-order valence-corrected chi connectivity index (χ0v) is 11.9. The topological polar surface area (TPSA) is 47.3 Å². The molecule has 1 unspecified atom stereocenters. The van der Waals surface area contributed by atoms with Gasteiger partial charge in [-0.2, -0.15) is 0 Å². The van der Waals surface area contributed by atoms with Gasteiger partial charge in [0, 0.05) is 6.04 Å². The first-order chi connectivity index (χ1) is 8.02. The van der Waals surface area contributed by atoms with Gasteiger partial charge in [0.1, 0.15) is 0 Å². The van der Waals surface area contributed by atoms with Crippen molar-refractivity contribution in [1.82, 2.24) is 5.32 Å². The fourth-order valence-corrected chi connectivity index (χ4v) is 2.46. The fraction of sp³-hybridized carbons (Fsp3) is 1.00. The standard InChI is InChI=1S/C14H30N2O/c1-10(2)13(15)9-17-14(11(3)4)12-5-7-16-8-6-12/h10-14,16H,5-9,15H2,1-4H3/t13-,14?/m0/s1. The number of rotatable bonds is 6. The molecular weight excluding hydrogens is 212 g/mol. The van der Waals surface area contributed by atoms with E-state index in [9.17, 15) is 0 Å². The molecule has 1 rings (SSSR count). The summed E-state index contributed by atoms with van der Waals surface area (Å²) >= 11 is 0. The molecule has 3 nitrogen and oxygen atoms in total. The van der Waals surface area contributed by atoms with Gasteiger partial charge in [0.15, 0.2) is 0 Å². The van der Waals surface area contributed by atoms with Crippen LogP contribution in [0.3, 0.4) is 0 Å². The summed E-state index contributed by atoms with van der Waals surface area (Å²) in [7, 11) is 0. The van der Waals surface area contributed by atoms with E-state index in [0.717, 1.165) is 13.1 Å². The van der Waals surface area contributed by atoms with Gasteiger partial charge in [-0.15, -0.1) is 0 Å². The van der Waals surface area contributed by atoms with E-state index in [2.05, 4.69) is 33.0 Å².